The Bertz CT molecular complexity index is 325. The number of amides is 1. The largest absolute Gasteiger partial charge is 0.352 e. The molecule has 1 unspecified atom stereocenters. The SMILES string of the molecule is Cl.NCC(NC(=O)Cc1cccs1)C1CC1. The van der Waals surface area contributed by atoms with Gasteiger partial charge < -0.3 is 11.1 Å². The summed E-state index contributed by atoms with van der Waals surface area (Å²) in [5.74, 6) is 0.724. The lowest BCUT2D eigenvalue weighted by molar-refractivity contribution is -0.121. The number of halogens is 1. The van der Waals surface area contributed by atoms with Gasteiger partial charge >= 0.3 is 0 Å². The lowest BCUT2D eigenvalue weighted by Gasteiger charge is -2.15. The van der Waals surface area contributed by atoms with Crippen molar-refractivity contribution < 1.29 is 4.79 Å². The number of nitrogens with two attached hydrogens (primary N) is 1. The molecule has 16 heavy (non-hydrogen) atoms. The second kappa shape index (κ2) is 6.23. The Hall–Kier alpha value is -0.580. The zero-order valence-corrected chi connectivity index (χ0v) is 10.7. The molecule has 1 aliphatic rings. The van der Waals surface area contributed by atoms with E-state index in [1.807, 2.05) is 17.5 Å². The van der Waals surface area contributed by atoms with Crippen LogP contribution in [0.2, 0.25) is 0 Å². The Morgan fingerprint density at radius 1 is 1.62 bits per heavy atom. The zero-order valence-electron chi connectivity index (χ0n) is 9.02. The minimum atomic E-state index is 0. The zero-order chi connectivity index (χ0) is 10.7. The van der Waals surface area contributed by atoms with E-state index in [1.165, 1.54) is 12.8 Å². The van der Waals surface area contributed by atoms with Crippen LogP contribution in [-0.4, -0.2) is 18.5 Å². The van der Waals surface area contributed by atoms with Gasteiger partial charge in [-0.2, -0.15) is 0 Å². The van der Waals surface area contributed by atoms with Crippen LogP contribution in [0, 0.1) is 5.92 Å². The molecule has 0 aromatic carbocycles. The summed E-state index contributed by atoms with van der Waals surface area (Å²) in [6.45, 7) is 0.556. The molecule has 1 atom stereocenters. The predicted molar refractivity (Wildman–Crippen MR) is 69.0 cm³/mol. The standard InChI is InChI=1S/C11H16N2OS.ClH/c12-7-10(8-3-4-8)13-11(14)6-9-2-1-5-15-9;/h1-2,5,8,10H,3-4,6-7,12H2,(H,13,14);1H. The van der Waals surface area contributed by atoms with E-state index in [0.717, 1.165) is 4.88 Å². The van der Waals surface area contributed by atoms with Crippen molar-refractivity contribution >= 4 is 29.7 Å². The molecule has 1 aromatic rings. The molecule has 0 bridgehead atoms. The first-order valence-electron chi connectivity index (χ1n) is 5.31. The van der Waals surface area contributed by atoms with Crippen molar-refractivity contribution in [2.45, 2.75) is 25.3 Å². The second-order valence-electron chi connectivity index (χ2n) is 4.00. The van der Waals surface area contributed by atoms with E-state index >= 15 is 0 Å². The van der Waals surface area contributed by atoms with Gasteiger partial charge in [-0.3, -0.25) is 4.79 Å². The number of rotatable bonds is 5. The molecule has 5 heteroatoms. The summed E-state index contributed by atoms with van der Waals surface area (Å²) >= 11 is 1.62. The molecule has 1 aliphatic carbocycles. The molecule has 0 spiro atoms. The summed E-state index contributed by atoms with van der Waals surface area (Å²) < 4.78 is 0. The van der Waals surface area contributed by atoms with Gasteiger partial charge in [-0.1, -0.05) is 6.07 Å². The van der Waals surface area contributed by atoms with Crippen LogP contribution in [0.15, 0.2) is 17.5 Å². The lowest BCUT2D eigenvalue weighted by Crippen LogP contribution is -2.42. The van der Waals surface area contributed by atoms with Crippen LogP contribution < -0.4 is 11.1 Å². The lowest BCUT2D eigenvalue weighted by atomic mass is 10.2. The third-order valence-electron chi connectivity index (χ3n) is 2.71. The van der Waals surface area contributed by atoms with Crippen molar-refractivity contribution in [2.75, 3.05) is 6.54 Å². The van der Waals surface area contributed by atoms with Crippen LogP contribution >= 0.6 is 23.7 Å². The molecule has 2 rings (SSSR count). The predicted octanol–water partition coefficient (Wildman–Crippen LogP) is 1.57. The number of hydrogen-bond acceptors (Lipinski definition) is 3. The smallest absolute Gasteiger partial charge is 0.225 e. The molecule has 0 aliphatic heterocycles. The van der Waals surface area contributed by atoms with E-state index in [9.17, 15) is 4.79 Å². The molecule has 1 saturated carbocycles. The van der Waals surface area contributed by atoms with Crippen molar-refractivity contribution in [3.63, 3.8) is 0 Å². The number of thiophene rings is 1. The molecular weight excluding hydrogens is 244 g/mol. The highest BCUT2D eigenvalue weighted by Gasteiger charge is 2.31. The van der Waals surface area contributed by atoms with Gasteiger partial charge in [0, 0.05) is 17.5 Å². The molecule has 1 fully saturated rings. The van der Waals surface area contributed by atoms with E-state index in [0.29, 0.717) is 18.9 Å². The quantitative estimate of drug-likeness (QED) is 0.844. The van der Waals surface area contributed by atoms with Crippen molar-refractivity contribution in [2.24, 2.45) is 11.7 Å². The van der Waals surface area contributed by atoms with E-state index in [-0.39, 0.29) is 24.4 Å². The van der Waals surface area contributed by atoms with E-state index in [1.54, 1.807) is 11.3 Å². The molecule has 90 valence electrons. The minimum absolute atomic E-state index is 0. The van der Waals surface area contributed by atoms with E-state index < -0.39 is 0 Å². The van der Waals surface area contributed by atoms with Crippen molar-refractivity contribution in [1.29, 1.82) is 0 Å². The highest BCUT2D eigenvalue weighted by atomic mass is 35.5. The van der Waals surface area contributed by atoms with Gasteiger partial charge in [0.15, 0.2) is 0 Å². The first-order chi connectivity index (χ1) is 7.29. The van der Waals surface area contributed by atoms with E-state index in [2.05, 4.69) is 5.32 Å². The maximum atomic E-state index is 11.7. The third kappa shape index (κ3) is 3.77. The maximum Gasteiger partial charge on any atom is 0.225 e. The average molecular weight is 261 g/mol. The minimum Gasteiger partial charge on any atom is -0.352 e. The van der Waals surface area contributed by atoms with Crippen LogP contribution in [0.1, 0.15) is 17.7 Å². The van der Waals surface area contributed by atoms with Crippen LogP contribution in [0.5, 0.6) is 0 Å². The number of hydrogen-bond donors (Lipinski definition) is 2. The van der Waals surface area contributed by atoms with Gasteiger partial charge in [-0.05, 0) is 30.2 Å². The van der Waals surface area contributed by atoms with Crippen LogP contribution in [0.3, 0.4) is 0 Å². The Morgan fingerprint density at radius 3 is 2.88 bits per heavy atom. The summed E-state index contributed by atoms with van der Waals surface area (Å²) in [5.41, 5.74) is 5.62. The van der Waals surface area contributed by atoms with Gasteiger partial charge in [0.05, 0.1) is 6.42 Å². The van der Waals surface area contributed by atoms with Crippen LogP contribution in [-0.2, 0) is 11.2 Å². The Kier molecular flexibility index (Phi) is 5.25. The molecule has 1 amide bonds. The second-order valence-corrected chi connectivity index (χ2v) is 5.04. The highest BCUT2D eigenvalue weighted by Crippen LogP contribution is 2.32. The van der Waals surface area contributed by atoms with Gasteiger partial charge in [0.2, 0.25) is 5.91 Å². The molecular formula is C11H17ClN2OS. The fourth-order valence-corrected chi connectivity index (χ4v) is 2.40. The van der Waals surface area contributed by atoms with Gasteiger partial charge in [0.1, 0.15) is 0 Å². The van der Waals surface area contributed by atoms with Crippen molar-refractivity contribution in [3.8, 4) is 0 Å². The molecule has 0 radical (unpaired) electrons. The van der Waals surface area contributed by atoms with Crippen LogP contribution in [0.25, 0.3) is 0 Å². The molecule has 3 N–H and O–H groups in total. The normalized spacial score (nSPS) is 16.3. The molecule has 0 saturated heterocycles. The average Bonchev–Trinajstić information content (AvgIpc) is 2.95. The Labute approximate surface area is 106 Å². The summed E-state index contributed by atoms with van der Waals surface area (Å²) in [7, 11) is 0. The van der Waals surface area contributed by atoms with E-state index in [4.69, 9.17) is 5.73 Å². The maximum absolute atomic E-state index is 11.7. The fraction of sp³-hybridized carbons (Fsp3) is 0.545. The summed E-state index contributed by atoms with van der Waals surface area (Å²) in [4.78, 5) is 12.8. The third-order valence-corrected chi connectivity index (χ3v) is 3.58. The van der Waals surface area contributed by atoms with Crippen LogP contribution in [0.4, 0.5) is 0 Å². The topological polar surface area (TPSA) is 55.1 Å². The number of carbonyl (C=O) groups excluding carboxylic acids is 1. The van der Waals surface area contributed by atoms with Crippen molar-refractivity contribution in [1.82, 2.24) is 5.32 Å². The summed E-state index contributed by atoms with van der Waals surface area (Å²) in [6.07, 6.45) is 2.91. The summed E-state index contributed by atoms with van der Waals surface area (Å²) in [6, 6.07) is 4.14. The molecule has 1 heterocycles. The van der Waals surface area contributed by atoms with Crippen molar-refractivity contribution in [3.05, 3.63) is 22.4 Å². The molecule has 1 aromatic heterocycles. The Balaban J connectivity index is 0.00000128. The first-order valence-corrected chi connectivity index (χ1v) is 6.19. The number of carbonyl (C=O) groups is 1. The van der Waals surface area contributed by atoms with Gasteiger partial charge in [0.25, 0.3) is 0 Å². The first kappa shape index (κ1) is 13.5. The van der Waals surface area contributed by atoms with Gasteiger partial charge in [-0.15, -0.1) is 23.7 Å². The Morgan fingerprint density at radius 2 is 2.38 bits per heavy atom. The fourth-order valence-electron chi connectivity index (χ4n) is 1.70. The summed E-state index contributed by atoms with van der Waals surface area (Å²) in [5, 5.41) is 5.00. The van der Waals surface area contributed by atoms with Gasteiger partial charge in [-0.25, -0.2) is 0 Å². The molecule has 3 nitrogen and oxygen atoms in total. The number of nitrogens with one attached hydrogen (secondary N) is 1. The highest BCUT2D eigenvalue weighted by molar-refractivity contribution is 7.10. The monoisotopic (exact) mass is 260 g/mol.